The number of carboxylic acid groups (broad SMARTS) is 1. The first-order chi connectivity index (χ1) is 6.56. The summed E-state index contributed by atoms with van der Waals surface area (Å²) in [6.45, 7) is 0. The molecule has 1 saturated carbocycles. The van der Waals surface area contributed by atoms with Gasteiger partial charge in [0.05, 0.1) is 25.0 Å². The van der Waals surface area contributed by atoms with E-state index < -0.39 is 18.0 Å². The summed E-state index contributed by atoms with van der Waals surface area (Å²) in [7, 11) is 1.29. The van der Waals surface area contributed by atoms with Gasteiger partial charge in [-0.15, -0.1) is 0 Å². The zero-order valence-electron chi connectivity index (χ0n) is 7.97. The molecule has 1 aliphatic carbocycles. The van der Waals surface area contributed by atoms with Crippen LogP contribution in [0.15, 0.2) is 0 Å². The second-order valence-corrected chi connectivity index (χ2v) is 3.55. The van der Waals surface area contributed by atoms with E-state index in [0.29, 0.717) is 12.8 Å². The van der Waals surface area contributed by atoms with Crippen molar-refractivity contribution in [3.8, 4) is 0 Å². The van der Waals surface area contributed by atoms with Crippen molar-refractivity contribution in [1.82, 2.24) is 0 Å². The summed E-state index contributed by atoms with van der Waals surface area (Å²) in [5, 5.41) is 18.2. The number of carboxylic acids is 1. The first-order valence-electron chi connectivity index (χ1n) is 4.55. The largest absolute Gasteiger partial charge is 0.481 e. The Morgan fingerprint density at radius 2 is 2.00 bits per heavy atom. The third kappa shape index (κ3) is 2.23. The lowest BCUT2D eigenvalue weighted by atomic mass is 9.80. The van der Waals surface area contributed by atoms with Crippen LogP contribution >= 0.6 is 0 Å². The van der Waals surface area contributed by atoms with Gasteiger partial charge in [-0.1, -0.05) is 0 Å². The molecule has 1 fully saturated rings. The van der Waals surface area contributed by atoms with Gasteiger partial charge >= 0.3 is 11.9 Å². The quantitative estimate of drug-likeness (QED) is 0.617. The van der Waals surface area contributed by atoms with E-state index in [0.717, 1.165) is 0 Å². The Morgan fingerprint density at radius 1 is 1.36 bits per heavy atom. The Morgan fingerprint density at radius 3 is 2.43 bits per heavy atom. The van der Waals surface area contributed by atoms with Gasteiger partial charge in [0.2, 0.25) is 0 Å². The number of hydrogen-bond donors (Lipinski definition) is 2. The fraction of sp³-hybridized carbons (Fsp3) is 0.778. The number of hydrogen-bond acceptors (Lipinski definition) is 4. The van der Waals surface area contributed by atoms with Gasteiger partial charge in [-0.05, 0) is 19.3 Å². The molecule has 0 aromatic carbocycles. The molecular weight excluding hydrogens is 188 g/mol. The van der Waals surface area contributed by atoms with Crippen LogP contribution in [0.4, 0.5) is 0 Å². The molecule has 0 spiro atoms. The first kappa shape index (κ1) is 11.0. The predicted octanol–water partition coefficient (Wildman–Crippen LogP) is 0.0212. The van der Waals surface area contributed by atoms with Gasteiger partial charge in [-0.25, -0.2) is 0 Å². The molecule has 0 aromatic heterocycles. The molecule has 0 aromatic rings. The standard InChI is InChI=1S/C9H14O5/c1-14-9(13)5-2-3-6(8(11)12)7(10)4-5/h5-7,10H,2-4H2,1H3,(H,11,12). The van der Waals surface area contributed by atoms with E-state index in [1.165, 1.54) is 7.11 Å². The van der Waals surface area contributed by atoms with Crippen LogP contribution in [0.5, 0.6) is 0 Å². The Balaban J connectivity index is 2.55. The van der Waals surface area contributed by atoms with Crippen LogP contribution in [-0.2, 0) is 14.3 Å². The second-order valence-electron chi connectivity index (χ2n) is 3.55. The zero-order valence-corrected chi connectivity index (χ0v) is 7.97. The van der Waals surface area contributed by atoms with E-state index in [-0.39, 0.29) is 18.3 Å². The predicted molar refractivity (Wildman–Crippen MR) is 46.5 cm³/mol. The Kier molecular flexibility index (Phi) is 3.46. The molecular formula is C9H14O5. The molecule has 80 valence electrons. The minimum Gasteiger partial charge on any atom is -0.481 e. The highest BCUT2D eigenvalue weighted by Gasteiger charge is 2.36. The topological polar surface area (TPSA) is 83.8 Å². The van der Waals surface area contributed by atoms with E-state index >= 15 is 0 Å². The Hall–Kier alpha value is -1.10. The summed E-state index contributed by atoms with van der Waals surface area (Å²) < 4.78 is 4.54. The lowest BCUT2D eigenvalue weighted by Gasteiger charge is -2.28. The van der Waals surface area contributed by atoms with Gasteiger partial charge in [-0.2, -0.15) is 0 Å². The van der Waals surface area contributed by atoms with Crippen molar-refractivity contribution >= 4 is 11.9 Å². The van der Waals surface area contributed by atoms with E-state index in [9.17, 15) is 14.7 Å². The molecule has 0 aliphatic heterocycles. The molecule has 2 N–H and O–H groups in total. The maximum absolute atomic E-state index is 11.1. The van der Waals surface area contributed by atoms with Gasteiger partial charge in [0.15, 0.2) is 0 Å². The normalized spacial score (nSPS) is 32.3. The van der Waals surface area contributed by atoms with Crippen LogP contribution in [0.3, 0.4) is 0 Å². The monoisotopic (exact) mass is 202 g/mol. The fourth-order valence-corrected chi connectivity index (χ4v) is 1.82. The molecule has 3 unspecified atom stereocenters. The SMILES string of the molecule is COC(=O)C1CCC(C(=O)O)C(O)C1. The highest BCUT2D eigenvalue weighted by Crippen LogP contribution is 2.29. The first-order valence-corrected chi connectivity index (χ1v) is 4.55. The Bertz CT molecular complexity index is 237. The highest BCUT2D eigenvalue weighted by molar-refractivity contribution is 5.74. The van der Waals surface area contributed by atoms with Gasteiger partial charge in [-0.3, -0.25) is 9.59 Å². The van der Waals surface area contributed by atoms with E-state index in [4.69, 9.17) is 5.11 Å². The van der Waals surface area contributed by atoms with Crippen molar-refractivity contribution in [1.29, 1.82) is 0 Å². The van der Waals surface area contributed by atoms with Crippen LogP contribution in [0.2, 0.25) is 0 Å². The van der Waals surface area contributed by atoms with Crippen molar-refractivity contribution in [2.45, 2.75) is 25.4 Å². The van der Waals surface area contributed by atoms with E-state index in [1.54, 1.807) is 0 Å². The van der Waals surface area contributed by atoms with E-state index in [1.807, 2.05) is 0 Å². The smallest absolute Gasteiger partial charge is 0.309 e. The number of aliphatic hydroxyl groups is 1. The third-order valence-corrected chi connectivity index (χ3v) is 2.67. The number of ether oxygens (including phenoxy) is 1. The second kappa shape index (κ2) is 4.41. The summed E-state index contributed by atoms with van der Waals surface area (Å²) >= 11 is 0. The van der Waals surface area contributed by atoms with Crippen molar-refractivity contribution in [2.24, 2.45) is 11.8 Å². The maximum Gasteiger partial charge on any atom is 0.309 e. The number of aliphatic hydroxyl groups excluding tert-OH is 1. The van der Waals surface area contributed by atoms with Crippen LogP contribution in [0.25, 0.3) is 0 Å². The number of methoxy groups -OCH3 is 1. The minimum absolute atomic E-state index is 0.184. The third-order valence-electron chi connectivity index (χ3n) is 2.67. The number of esters is 1. The zero-order chi connectivity index (χ0) is 10.7. The summed E-state index contributed by atoms with van der Waals surface area (Å²) in [5.74, 6) is -2.46. The molecule has 1 rings (SSSR count). The highest BCUT2D eigenvalue weighted by atomic mass is 16.5. The fourth-order valence-electron chi connectivity index (χ4n) is 1.82. The number of carbonyl (C=O) groups excluding carboxylic acids is 1. The molecule has 0 heterocycles. The maximum atomic E-state index is 11.1. The van der Waals surface area contributed by atoms with Gasteiger partial charge in [0.25, 0.3) is 0 Å². The van der Waals surface area contributed by atoms with Crippen LogP contribution in [0, 0.1) is 11.8 Å². The summed E-state index contributed by atoms with van der Waals surface area (Å²) in [6, 6.07) is 0. The Labute approximate surface area is 81.7 Å². The minimum atomic E-state index is -0.999. The number of rotatable bonds is 2. The van der Waals surface area contributed by atoms with Crippen LogP contribution < -0.4 is 0 Å². The van der Waals surface area contributed by atoms with Crippen molar-refractivity contribution in [3.05, 3.63) is 0 Å². The molecule has 0 bridgehead atoms. The molecule has 0 amide bonds. The summed E-state index contributed by atoms with van der Waals surface area (Å²) in [5.41, 5.74) is 0. The molecule has 1 aliphatic rings. The van der Waals surface area contributed by atoms with Crippen LogP contribution in [0.1, 0.15) is 19.3 Å². The molecule has 0 saturated heterocycles. The number of aliphatic carboxylic acids is 1. The van der Waals surface area contributed by atoms with Gasteiger partial charge in [0.1, 0.15) is 0 Å². The van der Waals surface area contributed by atoms with Gasteiger partial charge in [0, 0.05) is 0 Å². The molecule has 3 atom stereocenters. The summed E-state index contributed by atoms with van der Waals surface area (Å²) in [4.78, 5) is 21.7. The number of carbonyl (C=O) groups is 2. The lowest BCUT2D eigenvalue weighted by molar-refractivity contribution is -0.155. The van der Waals surface area contributed by atoms with Gasteiger partial charge < -0.3 is 14.9 Å². The molecule has 5 heteroatoms. The molecule has 5 nitrogen and oxygen atoms in total. The molecule has 14 heavy (non-hydrogen) atoms. The average Bonchev–Trinajstić information content (AvgIpc) is 2.15. The van der Waals surface area contributed by atoms with Crippen molar-refractivity contribution < 1.29 is 24.5 Å². The average molecular weight is 202 g/mol. The molecule has 0 radical (unpaired) electrons. The summed E-state index contributed by atoms with van der Waals surface area (Å²) in [6.07, 6.45) is 0.0472. The lowest BCUT2D eigenvalue weighted by Crippen LogP contribution is -2.37. The van der Waals surface area contributed by atoms with Crippen molar-refractivity contribution in [2.75, 3.05) is 7.11 Å². The van der Waals surface area contributed by atoms with Crippen molar-refractivity contribution in [3.63, 3.8) is 0 Å². The van der Waals surface area contributed by atoms with Crippen LogP contribution in [-0.4, -0.2) is 35.4 Å². The van der Waals surface area contributed by atoms with E-state index in [2.05, 4.69) is 4.74 Å².